The van der Waals surface area contributed by atoms with Crippen molar-refractivity contribution in [3.8, 4) is 0 Å². The third-order valence-corrected chi connectivity index (χ3v) is 7.04. The summed E-state index contributed by atoms with van der Waals surface area (Å²) in [6.45, 7) is 4.79. The fraction of sp³-hybridized carbons (Fsp3) is 0.294. The Morgan fingerprint density at radius 2 is 1.59 bits per heavy atom. The zero-order valence-corrected chi connectivity index (χ0v) is 16.9. The molecule has 0 fully saturated rings. The van der Waals surface area contributed by atoms with Gasteiger partial charge in [-0.05, 0) is 49.6 Å². The number of sulfonamides is 1. The van der Waals surface area contributed by atoms with Gasteiger partial charge in [0.05, 0.1) is 14.7 Å². The number of nitro groups is 1. The van der Waals surface area contributed by atoms with E-state index < -0.39 is 30.8 Å². The van der Waals surface area contributed by atoms with Crippen LogP contribution in [0.1, 0.15) is 29.7 Å². The molecule has 10 heteroatoms. The topological polar surface area (TPSA) is 123 Å². The van der Waals surface area contributed by atoms with Crippen LogP contribution in [0.15, 0.2) is 46.2 Å². The molecule has 146 valence electrons. The minimum absolute atomic E-state index is 0.131. The van der Waals surface area contributed by atoms with Crippen molar-refractivity contribution in [3.05, 3.63) is 63.2 Å². The predicted octanol–water partition coefficient (Wildman–Crippen LogP) is 2.65. The lowest BCUT2D eigenvalue weighted by molar-refractivity contribution is -0.385. The Kier molecular flexibility index (Phi) is 5.74. The largest absolute Gasteiger partial charge is 0.271 e. The number of sulfone groups is 1. The molecule has 0 aliphatic carbocycles. The van der Waals surface area contributed by atoms with E-state index >= 15 is 0 Å². The first-order chi connectivity index (χ1) is 12.3. The van der Waals surface area contributed by atoms with Crippen molar-refractivity contribution in [2.24, 2.45) is 0 Å². The van der Waals surface area contributed by atoms with E-state index in [2.05, 4.69) is 4.72 Å². The predicted molar refractivity (Wildman–Crippen MR) is 101 cm³/mol. The van der Waals surface area contributed by atoms with E-state index in [1.807, 2.05) is 0 Å². The average Bonchev–Trinajstić information content (AvgIpc) is 2.55. The Hall–Kier alpha value is -2.30. The van der Waals surface area contributed by atoms with Crippen LogP contribution >= 0.6 is 0 Å². The summed E-state index contributed by atoms with van der Waals surface area (Å²) in [5.41, 5.74) is 1.18. The standard InChI is InChI=1S/C17H20N2O6S2/c1-11-9-15(19(20)21)10-17(12(11)2)27(24,25)18-13(3)14-5-7-16(8-6-14)26(4,22)23/h5-10,13,18H,1-4H3. The van der Waals surface area contributed by atoms with Crippen molar-refractivity contribution in [1.29, 1.82) is 0 Å². The van der Waals surface area contributed by atoms with Crippen molar-refractivity contribution < 1.29 is 21.8 Å². The summed E-state index contributed by atoms with van der Waals surface area (Å²) in [7, 11) is -7.38. The molecule has 0 bridgehead atoms. The minimum Gasteiger partial charge on any atom is -0.258 e. The summed E-state index contributed by atoms with van der Waals surface area (Å²) in [4.78, 5) is 10.4. The number of nitrogens with one attached hydrogen (secondary N) is 1. The van der Waals surface area contributed by atoms with Gasteiger partial charge in [0.25, 0.3) is 5.69 Å². The summed E-state index contributed by atoms with van der Waals surface area (Å²) >= 11 is 0. The lowest BCUT2D eigenvalue weighted by atomic mass is 10.1. The monoisotopic (exact) mass is 412 g/mol. The Balaban J connectivity index is 2.37. The molecule has 0 spiro atoms. The van der Waals surface area contributed by atoms with Gasteiger partial charge in [0.1, 0.15) is 0 Å². The van der Waals surface area contributed by atoms with E-state index in [0.29, 0.717) is 16.7 Å². The number of nitrogens with zero attached hydrogens (tertiary/aromatic N) is 1. The van der Waals surface area contributed by atoms with Crippen LogP contribution in [0.5, 0.6) is 0 Å². The highest BCUT2D eigenvalue weighted by molar-refractivity contribution is 7.90. The highest BCUT2D eigenvalue weighted by Gasteiger charge is 2.24. The average molecular weight is 412 g/mol. The minimum atomic E-state index is -4.03. The second-order valence-corrected chi connectivity index (χ2v) is 10.0. The van der Waals surface area contributed by atoms with Gasteiger partial charge in [0.15, 0.2) is 9.84 Å². The van der Waals surface area contributed by atoms with Gasteiger partial charge in [0, 0.05) is 24.4 Å². The molecule has 27 heavy (non-hydrogen) atoms. The second-order valence-electron chi connectivity index (χ2n) is 6.33. The van der Waals surface area contributed by atoms with Gasteiger partial charge < -0.3 is 0 Å². The van der Waals surface area contributed by atoms with Gasteiger partial charge in [0.2, 0.25) is 10.0 Å². The smallest absolute Gasteiger partial charge is 0.258 e. The molecule has 1 N–H and O–H groups in total. The van der Waals surface area contributed by atoms with Gasteiger partial charge in [-0.1, -0.05) is 12.1 Å². The molecule has 0 saturated carbocycles. The summed E-state index contributed by atoms with van der Waals surface area (Å²) in [6.07, 6.45) is 1.08. The second kappa shape index (κ2) is 7.37. The third-order valence-electron chi connectivity index (χ3n) is 4.24. The fourth-order valence-electron chi connectivity index (χ4n) is 2.56. The number of non-ortho nitro benzene ring substituents is 1. The molecule has 0 aromatic heterocycles. The molecule has 0 heterocycles. The van der Waals surface area contributed by atoms with E-state index in [0.717, 1.165) is 12.3 Å². The first kappa shape index (κ1) is 21.0. The van der Waals surface area contributed by atoms with Crippen LogP contribution in [-0.4, -0.2) is 28.0 Å². The maximum Gasteiger partial charge on any atom is 0.271 e. The number of hydrogen-bond donors (Lipinski definition) is 1. The number of rotatable bonds is 6. The molecule has 0 aliphatic heterocycles. The van der Waals surface area contributed by atoms with Crippen LogP contribution in [0.2, 0.25) is 0 Å². The SMILES string of the molecule is Cc1cc([N+](=O)[O-])cc(S(=O)(=O)NC(C)c2ccc(S(C)(=O)=O)cc2)c1C. The summed E-state index contributed by atoms with van der Waals surface area (Å²) < 4.78 is 51.0. The Bertz CT molecular complexity index is 1090. The maximum atomic E-state index is 12.8. The van der Waals surface area contributed by atoms with E-state index in [1.165, 1.54) is 30.3 Å². The van der Waals surface area contributed by atoms with Crippen molar-refractivity contribution in [3.63, 3.8) is 0 Å². The van der Waals surface area contributed by atoms with Crippen molar-refractivity contribution >= 4 is 25.5 Å². The van der Waals surface area contributed by atoms with Crippen LogP contribution in [0.25, 0.3) is 0 Å². The molecule has 0 aliphatic rings. The van der Waals surface area contributed by atoms with Crippen LogP contribution in [0.3, 0.4) is 0 Å². The number of hydrogen-bond acceptors (Lipinski definition) is 6. The normalized spacial score (nSPS) is 13.3. The molecule has 0 amide bonds. The summed E-state index contributed by atoms with van der Waals surface area (Å²) in [6, 6.07) is 7.54. The molecule has 0 radical (unpaired) electrons. The maximum absolute atomic E-state index is 12.8. The molecule has 0 saturated heterocycles. The molecule has 2 aromatic carbocycles. The van der Waals surface area contributed by atoms with Crippen LogP contribution in [-0.2, 0) is 19.9 Å². The van der Waals surface area contributed by atoms with Crippen LogP contribution < -0.4 is 4.72 Å². The zero-order valence-electron chi connectivity index (χ0n) is 15.3. The molecule has 1 unspecified atom stereocenters. The van der Waals surface area contributed by atoms with Gasteiger partial charge >= 0.3 is 0 Å². The van der Waals surface area contributed by atoms with E-state index in [9.17, 15) is 26.9 Å². The van der Waals surface area contributed by atoms with Gasteiger partial charge in [-0.25, -0.2) is 21.6 Å². The van der Waals surface area contributed by atoms with Gasteiger partial charge in [-0.3, -0.25) is 10.1 Å². The number of benzene rings is 2. The quantitative estimate of drug-likeness (QED) is 0.575. The molecule has 2 aromatic rings. The van der Waals surface area contributed by atoms with Crippen molar-refractivity contribution in [2.75, 3.05) is 6.26 Å². The lowest BCUT2D eigenvalue weighted by Crippen LogP contribution is -2.27. The molecule has 1 atom stereocenters. The first-order valence-corrected chi connectivity index (χ1v) is 11.3. The number of aryl methyl sites for hydroxylation is 1. The van der Waals surface area contributed by atoms with E-state index in [4.69, 9.17) is 0 Å². The Morgan fingerprint density at radius 3 is 2.07 bits per heavy atom. The summed E-state index contributed by atoms with van der Waals surface area (Å²) in [5, 5.41) is 11.0. The first-order valence-electron chi connectivity index (χ1n) is 7.91. The highest BCUT2D eigenvalue weighted by atomic mass is 32.2. The zero-order chi connectivity index (χ0) is 20.6. The molecule has 2 rings (SSSR count). The fourth-order valence-corrected chi connectivity index (χ4v) is 4.76. The van der Waals surface area contributed by atoms with Crippen LogP contribution in [0, 0.1) is 24.0 Å². The highest BCUT2D eigenvalue weighted by Crippen LogP contribution is 2.27. The van der Waals surface area contributed by atoms with E-state index in [-0.39, 0.29) is 15.5 Å². The Morgan fingerprint density at radius 1 is 1.04 bits per heavy atom. The molecule has 8 nitrogen and oxygen atoms in total. The molecular weight excluding hydrogens is 392 g/mol. The summed E-state index contributed by atoms with van der Waals surface area (Å²) in [5.74, 6) is 0. The number of nitro benzene ring substituents is 1. The lowest BCUT2D eigenvalue weighted by Gasteiger charge is -2.17. The van der Waals surface area contributed by atoms with Crippen molar-refractivity contribution in [1.82, 2.24) is 4.72 Å². The van der Waals surface area contributed by atoms with Gasteiger partial charge in [-0.2, -0.15) is 0 Å². The van der Waals surface area contributed by atoms with Crippen molar-refractivity contribution in [2.45, 2.75) is 36.6 Å². The molecular formula is C17H20N2O6S2. The van der Waals surface area contributed by atoms with Crippen LogP contribution in [0.4, 0.5) is 5.69 Å². The van der Waals surface area contributed by atoms with Gasteiger partial charge in [-0.15, -0.1) is 0 Å². The third kappa shape index (κ3) is 4.71. The van der Waals surface area contributed by atoms with E-state index in [1.54, 1.807) is 20.8 Å². The Labute approximate surface area is 158 Å².